The summed E-state index contributed by atoms with van der Waals surface area (Å²) in [6, 6.07) is 0. The van der Waals surface area contributed by atoms with Crippen molar-refractivity contribution < 1.29 is 4.79 Å². The minimum absolute atomic E-state index is 0.0734. The van der Waals surface area contributed by atoms with Gasteiger partial charge in [-0.1, -0.05) is 13.8 Å². The third kappa shape index (κ3) is 2.24. The molecule has 3 nitrogen and oxygen atoms in total. The number of amides is 1. The zero-order chi connectivity index (χ0) is 11.6. The number of piperidine rings is 1. The molecule has 1 amide bonds. The lowest BCUT2D eigenvalue weighted by atomic mass is 9.79. The molecular formula is C13H24N2O. The second-order valence-corrected chi connectivity index (χ2v) is 5.49. The van der Waals surface area contributed by atoms with Crippen molar-refractivity contribution in [2.24, 2.45) is 5.41 Å². The highest BCUT2D eigenvalue weighted by atomic mass is 16.2. The van der Waals surface area contributed by atoms with Gasteiger partial charge in [0.25, 0.3) is 0 Å². The molecule has 3 heteroatoms. The summed E-state index contributed by atoms with van der Waals surface area (Å²) in [5.41, 5.74) is -0.0734. The van der Waals surface area contributed by atoms with Crippen LogP contribution in [0.15, 0.2) is 0 Å². The van der Waals surface area contributed by atoms with E-state index < -0.39 is 0 Å². The van der Waals surface area contributed by atoms with Crippen LogP contribution in [0.1, 0.15) is 39.5 Å². The van der Waals surface area contributed by atoms with Gasteiger partial charge in [0.05, 0.1) is 0 Å². The first-order valence-electron chi connectivity index (χ1n) is 6.67. The minimum Gasteiger partial charge on any atom is -0.342 e. The summed E-state index contributed by atoms with van der Waals surface area (Å²) in [6.45, 7) is 9.65. The summed E-state index contributed by atoms with van der Waals surface area (Å²) < 4.78 is 0. The molecule has 0 bridgehead atoms. The number of nitrogens with zero attached hydrogens (tertiary/aromatic N) is 2. The van der Waals surface area contributed by atoms with E-state index in [4.69, 9.17) is 0 Å². The fraction of sp³-hybridized carbons (Fsp3) is 0.923. The highest BCUT2D eigenvalue weighted by molar-refractivity contribution is 5.82. The van der Waals surface area contributed by atoms with Crippen molar-refractivity contribution in [1.82, 2.24) is 9.80 Å². The molecule has 0 radical (unpaired) electrons. The lowest BCUT2D eigenvalue weighted by Crippen LogP contribution is -2.48. The first kappa shape index (κ1) is 11.9. The van der Waals surface area contributed by atoms with E-state index in [-0.39, 0.29) is 5.41 Å². The predicted molar refractivity (Wildman–Crippen MR) is 65.3 cm³/mol. The van der Waals surface area contributed by atoms with Gasteiger partial charge in [-0.05, 0) is 45.3 Å². The van der Waals surface area contributed by atoms with Crippen molar-refractivity contribution in [3.05, 3.63) is 0 Å². The maximum Gasteiger partial charge on any atom is 0.228 e. The number of carbonyl (C=O) groups is 1. The Hall–Kier alpha value is -0.570. The predicted octanol–water partition coefficient (Wildman–Crippen LogP) is 1.73. The Morgan fingerprint density at radius 3 is 2.19 bits per heavy atom. The molecule has 2 aliphatic rings. The maximum atomic E-state index is 12.4. The van der Waals surface area contributed by atoms with Crippen LogP contribution in [-0.4, -0.2) is 48.4 Å². The van der Waals surface area contributed by atoms with Gasteiger partial charge in [0.15, 0.2) is 0 Å². The molecule has 16 heavy (non-hydrogen) atoms. The molecule has 0 aromatic carbocycles. The van der Waals surface area contributed by atoms with Gasteiger partial charge in [0.1, 0.15) is 0 Å². The summed E-state index contributed by atoms with van der Waals surface area (Å²) >= 11 is 0. The van der Waals surface area contributed by atoms with Crippen LogP contribution in [0.4, 0.5) is 0 Å². The molecule has 0 N–H and O–H groups in total. The summed E-state index contributed by atoms with van der Waals surface area (Å²) in [7, 11) is 0. The van der Waals surface area contributed by atoms with Gasteiger partial charge >= 0.3 is 0 Å². The normalized spacial score (nSPS) is 26.0. The molecule has 0 aliphatic carbocycles. The van der Waals surface area contributed by atoms with Crippen molar-refractivity contribution in [3.63, 3.8) is 0 Å². The van der Waals surface area contributed by atoms with Crippen LogP contribution in [0.25, 0.3) is 0 Å². The van der Waals surface area contributed by atoms with Crippen molar-refractivity contribution in [1.29, 1.82) is 0 Å². The van der Waals surface area contributed by atoms with E-state index in [1.807, 2.05) is 0 Å². The molecule has 0 unspecified atom stereocenters. The number of hydrogen-bond acceptors (Lipinski definition) is 2. The Labute approximate surface area is 98.8 Å². The van der Waals surface area contributed by atoms with E-state index in [0.717, 1.165) is 45.6 Å². The SMILES string of the molecule is CCN1CCC(C)(C(=O)N2CCCC2)CC1. The molecule has 0 aromatic rings. The fourth-order valence-corrected chi connectivity index (χ4v) is 2.88. The van der Waals surface area contributed by atoms with Gasteiger partial charge in [0.2, 0.25) is 5.91 Å². The number of hydrogen-bond donors (Lipinski definition) is 0. The van der Waals surface area contributed by atoms with E-state index in [1.165, 1.54) is 12.8 Å². The molecule has 0 saturated carbocycles. The molecule has 2 fully saturated rings. The summed E-state index contributed by atoms with van der Waals surface area (Å²) in [5.74, 6) is 0.417. The maximum absolute atomic E-state index is 12.4. The average Bonchev–Trinajstić information content (AvgIpc) is 2.82. The zero-order valence-corrected chi connectivity index (χ0v) is 10.7. The fourth-order valence-electron chi connectivity index (χ4n) is 2.88. The first-order valence-corrected chi connectivity index (χ1v) is 6.67. The van der Waals surface area contributed by atoms with E-state index >= 15 is 0 Å². The van der Waals surface area contributed by atoms with Crippen molar-refractivity contribution >= 4 is 5.91 Å². The van der Waals surface area contributed by atoms with Gasteiger partial charge in [-0.25, -0.2) is 0 Å². The summed E-state index contributed by atoms with van der Waals surface area (Å²) in [5, 5.41) is 0. The van der Waals surface area contributed by atoms with Crippen LogP contribution in [0.3, 0.4) is 0 Å². The smallest absolute Gasteiger partial charge is 0.228 e. The summed E-state index contributed by atoms with van der Waals surface area (Å²) in [6.07, 6.45) is 4.47. The molecule has 92 valence electrons. The Balaban J connectivity index is 1.94. The molecule has 0 aromatic heterocycles. The van der Waals surface area contributed by atoms with Crippen LogP contribution < -0.4 is 0 Å². The molecule has 0 spiro atoms. The van der Waals surface area contributed by atoms with Gasteiger partial charge in [-0.15, -0.1) is 0 Å². The Bertz CT molecular complexity index is 251. The Kier molecular flexibility index (Phi) is 3.53. The Morgan fingerprint density at radius 1 is 1.12 bits per heavy atom. The van der Waals surface area contributed by atoms with E-state index in [9.17, 15) is 4.79 Å². The van der Waals surface area contributed by atoms with Crippen LogP contribution in [-0.2, 0) is 4.79 Å². The van der Waals surface area contributed by atoms with Crippen LogP contribution in [0, 0.1) is 5.41 Å². The monoisotopic (exact) mass is 224 g/mol. The average molecular weight is 224 g/mol. The topological polar surface area (TPSA) is 23.6 Å². The minimum atomic E-state index is -0.0734. The molecule has 2 heterocycles. The largest absolute Gasteiger partial charge is 0.342 e. The number of rotatable bonds is 2. The van der Waals surface area contributed by atoms with Gasteiger partial charge in [-0.3, -0.25) is 4.79 Å². The molecular weight excluding hydrogens is 200 g/mol. The molecule has 2 saturated heterocycles. The molecule has 2 rings (SSSR count). The van der Waals surface area contributed by atoms with Gasteiger partial charge < -0.3 is 9.80 Å². The quantitative estimate of drug-likeness (QED) is 0.713. The van der Waals surface area contributed by atoms with Crippen molar-refractivity contribution in [2.45, 2.75) is 39.5 Å². The van der Waals surface area contributed by atoms with Crippen molar-refractivity contribution in [3.8, 4) is 0 Å². The zero-order valence-electron chi connectivity index (χ0n) is 10.7. The first-order chi connectivity index (χ1) is 7.65. The van der Waals surface area contributed by atoms with E-state index in [0.29, 0.717) is 5.91 Å². The van der Waals surface area contributed by atoms with Crippen LogP contribution in [0.5, 0.6) is 0 Å². The summed E-state index contributed by atoms with van der Waals surface area (Å²) in [4.78, 5) is 17.0. The van der Waals surface area contributed by atoms with E-state index in [1.54, 1.807) is 0 Å². The second-order valence-electron chi connectivity index (χ2n) is 5.49. The highest BCUT2D eigenvalue weighted by Gasteiger charge is 2.39. The third-order valence-corrected chi connectivity index (χ3v) is 4.32. The lowest BCUT2D eigenvalue weighted by molar-refractivity contribution is -0.142. The highest BCUT2D eigenvalue weighted by Crippen LogP contribution is 2.33. The molecule has 0 atom stereocenters. The number of likely N-dealkylation sites (tertiary alicyclic amines) is 2. The number of carbonyl (C=O) groups excluding carboxylic acids is 1. The van der Waals surface area contributed by atoms with Crippen LogP contribution >= 0.6 is 0 Å². The lowest BCUT2D eigenvalue weighted by Gasteiger charge is -2.39. The standard InChI is InChI=1S/C13H24N2O/c1-3-14-10-6-13(2,7-11-14)12(16)15-8-4-5-9-15/h3-11H2,1-2H3. The second kappa shape index (κ2) is 4.74. The molecule has 2 aliphatic heterocycles. The third-order valence-electron chi connectivity index (χ3n) is 4.32. The van der Waals surface area contributed by atoms with Gasteiger partial charge in [0, 0.05) is 18.5 Å². The van der Waals surface area contributed by atoms with Crippen LogP contribution in [0.2, 0.25) is 0 Å². The van der Waals surface area contributed by atoms with E-state index in [2.05, 4.69) is 23.6 Å². The van der Waals surface area contributed by atoms with Crippen molar-refractivity contribution in [2.75, 3.05) is 32.7 Å². The Morgan fingerprint density at radius 2 is 1.69 bits per heavy atom. The van der Waals surface area contributed by atoms with Gasteiger partial charge in [-0.2, -0.15) is 0 Å².